The van der Waals surface area contributed by atoms with E-state index in [2.05, 4.69) is 27.0 Å². The van der Waals surface area contributed by atoms with E-state index in [9.17, 15) is 4.79 Å². The van der Waals surface area contributed by atoms with Crippen LogP contribution < -0.4 is 10.3 Å². The number of ether oxygens (including phenoxy) is 1. The molecule has 0 amide bonds. The number of hydrogen-bond acceptors (Lipinski definition) is 6. The Hall–Kier alpha value is -3.78. The van der Waals surface area contributed by atoms with E-state index in [-0.39, 0.29) is 5.56 Å². The van der Waals surface area contributed by atoms with Gasteiger partial charge in [-0.2, -0.15) is 5.10 Å². The average Bonchev–Trinajstić information content (AvgIpc) is 3.32. The summed E-state index contributed by atoms with van der Waals surface area (Å²) in [7, 11) is 4.04. The zero-order valence-electron chi connectivity index (χ0n) is 20.2. The average molecular weight is 471 g/mol. The first-order valence-corrected chi connectivity index (χ1v) is 12.0. The first-order valence-electron chi connectivity index (χ1n) is 12.0. The van der Waals surface area contributed by atoms with Crippen molar-refractivity contribution >= 4 is 0 Å². The van der Waals surface area contributed by atoms with Gasteiger partial charge in [-0.25, -0.2) is 9.97 Å². The third-order valence-electron chi connectivity index (χ3n) is 6.51. The second-order valence-electron chi connectivity index (χ2n) is 9.29. The molecule has 1 saturated heterocycles. The molecule has 1 fully saturated rings. The van der Waals surface area contributed by atoms with E-state index in [0.717, 1.165) is 48.2 Å². The maximum absolute atomic E-state index is 12.5. The summed E-state index contributed by atoms with van der Waals surface area (Å²) in [5, 5.41) is 4.22. The Labute approximate surface area is 204 Å². The van der Waals surface area contributed by atoms with Crippen LogP contribution in [0.2, 0.25) is 0 Å². The standard InChI is InChI=1S/C27H30N6O2/c1-31-10-8-20(9-11-31)19-35-25-14-28-27(29-15-25)22-5-3-4-21(12-22)16-33-18-23(6-7-26(33)34)24-13-30-32(2)17-24/h3-7,12-15,17-18,20H,8-11,16,19H2,1-2H3. The minimum atomic E-state index is -0.0506. The van der Waals surface area contributed by atoms with Crippen LogP contribution in [-0.2, 0) is 13.6 Å². The topological polar surface area (TPSA) is 78.1 Å². The van der Waals surface area contributed by atoms with Gasteiger partial charge in [0.25, 0.3) is 5.56 Å². The molecule has 0 atom stereocenters. The largest absolute Gasteiger partial charge is 0.490 e. The first-order chi connectivity index (χ1) is 17.0. The van der Waals surface area contributed by atoms with Crippen LogP contribution in [0, 0.1) is 5.92 Å². The van der Waals surface area contributed by atoms with Gasteiger partial charge >= 0.3 is 0 Å². The van der Waals surface area contributed by atoms with Crippen LogP contribution in [0.4, 0.5) is 0 Å². The molecule has 0 radical (unpaired) electrons. The van der Waals surface area contributed by atoms with E-state index < -0.39 is 0 Å². The Morgan fingerprint density at radius 2 is 1.74 bits per heavy atom. The minimum absolute atomic E-state index is 0.0506. The monoisotopic (exact) mass is 470 g/mol. The van der Waals surface area contributed by atoms with Crippen molar-refractivity contribution in [2.24, 2.45) is 13.0 Å². The molecular weight excluding hydrogens is 440 g/mol. The highest BCUT2D eigenvalue weighted by Crippen LogP contribution is 2.21. The molecule has 8 nitrogen and oxygen atoms in total. The third kappa shape index (κ3) is 5.66. The normalized spacial score (nSPS) is 14.8. The molecule has 5 rings (SSSR count). The molecule has 0 saturated carbocycles. The Bertz CT molecular complexity index is 1340. The molecule has 1 aromatic carbocycles. The first kappa shape index (κ1) is 23.0. The van der Waals surface area contributed by atoms with E-state index >= 15 is 0 Å². The zero-order chi connectivity index (χ0) is 24.2. The van der Waals surface area contributed by atoms with Gasteiger partial charge < -0.3 is 14.2 Å². The van der Waals surface area contributed by atoms with Gasteiger partial charge in [-0.1, -0.05) is 18.2 Å². The summed E-state index contributed by atoms with van der Waals surface area (Å²) in [6.07, 6.45) is 11.4. The Morgan fingerprint density at radius 3 is 2.49 bits per heavy atom. The highest BCUT2D eigenvalue weighted by molar-refractivity contribution is 5.60. The van der Waals surface area contributed by atoms with Crippen molar-refractivity contribution in [3.8, 4) is 28.3 Å². The van der Waals surface area contributed by atoms with Crippen LogP contribution in [0.3, 0.4) is 0 Å². The summed E-state index contributed by atoms with van der Waals surface area (Å²) in [5.41, 5.74) is 3.78. The number of hydrogen-bond donors (Lipinski definition) is 0. The lowest BCUT2D eigenvalue weighted by Crippen LogP contribution is -2.32. The van der Waals surface area contributed by atoms with Crippen molar-refractivity contribution < 1.29 is 4.74 Å². The number of benzene rings is 1. The van der Waals surface area contributed by atoms with E-state index in [1.54, 1.807) is 33.9 Å². The Kier molecular flexibility index (Phi) is 6.72. The molecular formula is C27H30N6O2. The van der Waals surface area contributed by atoms with Gasteiger partial charge in [0.2, 0.25) is 0 Å². The SMILES string of the molecule is CN1CCC(COc2cnc(-c3cccc(Cn4cc(-c5cnn(C)c5)ccc4=O)c3)nc2)CC1. The second kappa shape index (κ2) is 10.2. The van der Waals surface area contributed by atoms with Crippen molar-refractivity contribution in [2.45, 2.75) is 19.4 Å². The summed E-state index contributed by atoms with van der Waals surface area (Å²) in [6.45, 7) is 3.41. The lowest BCUT2D eigenvalue weighted by molar-refractivity contribution is 0.159. The van der Waals surface area contributed by atoms with Crippen LogP contribution in [0.15, 0.2) is 72.2 Å². The van der Waals surface area contributed by atoms with Gasteiger partial charge in [-0.15, -0.1) is 0 Å². The lowest BCUT2D eigenvalue weighted by atomic mass is 9.98. The maximum atomic E-state index is 12.5. The molecule has 0 spiro atoms. The van der Waals surface area contributed by atoms with Crippen LogP contribution >= 0.6 is 0 Å². The highest BCUT2D eigenvalue weighted by Gasteiger charge is 2.17. The number of likely N-dealkylation sites (tertiary alicyclic amines) is 1. The molecule has 4 aromatic rings. The number of rotatable bonds is 7. The molecule has 0 aliphatic carbocycles. The van der Waals surface area contributed by atoms with Crippen molar-refractivity contribution in [1.29, 1.82) is 0 Å². The van der Waals surface area contributed by atoms with Crippen molar-refractivity contribution in [1.82, 2.24) is 29.2 Å². The zero-order valence-corrected chi connectivity index (χ0v) is 20.2. The van der Waals surface area contributed by atoms with Crippen molar-refractivity contribution in [3.63, 3.8) is 0 Å². The number of aryl methyl sites for hydroxylation is 1. The van der Waals surface area contributed by atoms with Crippen molar-refractivity contribution in [2.75, 3.05) is 26.7 Å². The van der Waals surface area contributed by atoms with Crippen LogP contribution in [0.25, 0.3) is 22.5 Å². The summed E-state index contributed by atoms with van der Waals surface area (Å²) in [4.78, 5) is 23.9. The summed E-state index contributed by atoms with van der Waals surface area (Å²) in [5.74, 6) is 1.92. The number of nitrogens with zero attached hydrogens (tertiary/aromatic N) is 6. The van der Waals surface area contributed by atoms with Crippen LogP contribution in [0.1, 0.15) is 18.4 Å². The molecule has 35 heavy (non-hydrogen) atoms. The maximum Gasteiger partial charge on any atom is 0.250 e. The molecule has 0 unspecified atom stereocenters. The number of aromatic nitrogens is 5. The van der Waals surface area contributed by atoms with Gasteiger partial charge in [-0.05, 0) is 56.6 Å². The van der Waals surface area contributed by atoms with E-state index in [4.69, 9.17) is 4.74 Å². The third-order valence-corrected chi connectivity index (χ3v) is 6.51. The molecule has 180 valence electrons. The molecule has 8 heteroatoms. The fraction of sp³-hybridized carbons (Fsp3) is 0.333. The smallest absolute Gasteiger partial charge is 0.250 e. The predicted octanol–water partition coefficient (Wildman–Crippen LogP) is 3.47. The molecule has 0 bridgehead atoms. The quantitative estimate of drug-likeness (QED) is 0.412. The summed E-state index contributed by atoms with van der Waals surface area (Å²) in [6, 6.07) is 11.4. The van der Waals surface area contributed by atoms with Crippen LogP contribution in [0.5, 0.6) is 5.75 Å². The van der Waals surface area contributed by atoms with Gasteiger partial charge in [0.15, 0.2) is 11.6 Å². The molecule has 1 aliphatic rings. The minimum Gasteiger partial charge on any atom is -0.490 e. The number of pyridine rings is 1. The van der Waals surface area contributed by atoms with E-state index in [0.29, 0.717) is 30.6 Å². The second-order valence-corrected chi connectivity index (χ2v) is 9.29. The molecule has 1 aliphatic heterocycles. The summed E-state index contributed by atoms with van der Waals surface area (Å²) >= 11 is 0. The van der Waals surface area contributed by atoms with Gasteiger partial charge in [-0.3, -0.25) is 9.48 Å². The van der Waals surface area contributed by atoms with Gasteiger partial charge in [0.1, 0.15) is 0 Å². The Balaban J connectivity index is 1.27. The molecule has 0 N–H and O–H groups in total. The van der Waals surface area contributed by atoms with E-state index in [1.165, 1.54) is 0 Å². The van der Waals surface area contributed by atoms with Gasteiger partial charge in [0.05, 0.1) is 31.7 Å². The fourth-order valence-electron chi connectivity index (χ4n) is 4.38. The Morgan fingerprint density at radius 1 is 0.943 bits per heavy atom. The molecule has 4 heterocycles. The fourth-order valence-corrected chi connectivity index (χ4v) is 4.38. The van der Waals surface area contributed by atoms with Crippen LogP contribution in [-0.4, -0.2) is 56.0 Å². The van der Waals surface area contributed by atoms with Gasteiger partial charge in [0, 0.05) is 42.2 Å². The molecule has 3 aromatic heterocycles. The van der Waals surface area contributed by atoms with Crippen molar-refractivity contribution in [3.05, 3.63) is 83.3 Å². The lowest BCUT2D eigenvalue weighted by Gasteiger charge is -2.28. The summed E-state index contributed by atoms with van der Waals surface area (Å²) < 4.78 is 9.41. The predicted molar refractivity (Wildman–Crippen MR) is 135 cm³/mol. The highest BCUT2D eigenvalue weighted by atomic mass is 16.5. The van der Waals surface area contributed by atoms with E-state index in [1.807, 2.05) is 49.8 Å². The number of piperidine rings is 1.